The van der Waals surface area contributed by atoms with E-state index < -0.39 is 0 Å². The molecule has 0 saturated carbocycles. The van der Waals surface area contributed by atoms with Gasteiger partial charge in [-0.1, -0.05) is 138 Å². The van der Waals surface area contributed by atoms with Gasteiger partial charge in [0.15, 0.2) is 5.13 Å². The van der Waals surface area contributed by atoms with Crippen LogP contribution in [-0.4, -0.2) is 16.0 Å². The van der Waals surface area contributed by atoms with E-state index in [1.54, 1.807) is 17.4 Å². The van der Waals surface area contributed by atoms with Gasteiger partial charge in [-0.2, -0.15) is 0 Å². The largest absolute Gasteiger partial charge is 0.506 e. The number of unbranched alkanes of at least 4 members (excludes halogenated alkanes) is 11. The lowest BCUT2D eigenvalue weighted by Gasteiger charge is -2.07. The number of aromatic hydroxyl groups is 1. The van der Waals surface area contributed by atoms with Gasteiger partial charge >= 0.3 is 0 Å². The van der Waals surface area contributed by atoms with Gasteiger partial charge in [-0.25, -0.2) is 4.98 Å². The van der Waals surface area contributed by atoms with Gasteiger partial charge in [0.2, 0.25) is 0 Å². The Kier molecular flexibility index (Phi) is 11.4. The second-order valence-corrected chi connectivity index (χ2v) is 11.5. The van der Waals surface area contributed by atoms with Crippen molar-refractivity contribution in [3.05, 3.63) is 77.2 Å². The molecular formula is C34H42N2O2S. The minimum atomic E-state index is -0.344. The van der Waals surface area contributed by atoms with Gasteiger partial charge in [0, 0.05) is 15.8 Å². The molecule has 0 saturated heterocycles. The smallest absolute Gasteiger partial charge is 0.261 e. The summed E-state index contributed by atoms with van der Waals surface area (Å²) < 4.78 is 0. The lowest BCUT2D eigenvalue weighted by Crippen LogP contribution is -2.12. The second-order valence-electron chi connectivity index (χ2n) is 10.4. The van der Waals surface area contributed by atoms with Crippen LogP contribution >= 0.6 is 11.3 Å². The third-order valence-electron chi connectivity index (χ3n) is 7.37. The van der Waals surface area contributed by atoms with Crippen LogP contribution in [0.4, 0.5) is 5.13 Å². The summed E-state index contributed by atoms with van der Waals surface area (Å²) in [6, 6.07) is 21.2. The average molecular weight is 543 g/mol. The van der Waals surface area contributed by atoms with Gasteiger partial charge in [0.25, 0.3) is 5.91 Å². The number of thiazole rings is 1. The highest BCUT2D eigenvalue weighted by Crippen LogP contribution is 2.34. The fourth-order valence-electron chi connectivity index (χ4n) is 5.13. The predicted molar refractivity (Wildman–Crippen MR) is 166 cm³/mol. The maximum Gasteiger partial charge on any atom is 0.261 e. The Morgan fingerprint density at radius 1 is 0.769 bits per heavy atom. The molecule has 2 N–H and O–H groups in total. The normalized spacial score (nSPS) is 11.2. The molecule has 206 valence electrons. The van der Waals surface area contributed by atoms with Crippen LogP contribution in [0.5, 0.6) is 5.75 Å². The van der Waals surface area contributed by atoms with Crippen LogP contribution < -0.4 is 5.32 Å². The minimum Gasteiger partial charge on any atom is -0.506 e. The van der Waals surface area contributed by atoms with Gasteiger partial charge in [-0.3, -0.25) is 10.1 Å². The van der Waals surface area contributed by atoms with E-state index in [4.69, 9.17) is 4.98 Å². The first-order valence-electron chi connectivity index (χ1n) is 14.7. The van der Waals surface area contributed by atoms with E-state index in [2.05, 4.69) is 24.4 Å². The van der Waals surface area contributed by atoms with Gasteiger partial charge < -0.3 is 5.11 Å². The molecule has 1 heterocycles. The maximum absolute atomic E-state index is 13.1. The standard InChI is InChI=1S/C34H42N2O2S/c1-2-3-4-5-6-7-8-9-10-11-12-16-23-30-31(27-20-14-13-15-21-27)35-34(39-30)36-33(38)29-25-24-26-19-17-18-22-28(26)32(29)37/h13-15,17-22,24-25,37H,2-12,16,23H2,1H3,(H,35,36,38). The number of nitrogens with one attached hydrogen (secondary N) is 1. The minimum absolute atomic E-state index is 0.00200. The second kappa shape index (κ2) is 15.4. The summed E-state index contributed by atoms with van der Waals surface area (Å²) in [7, 11) is 0. The van der Waals surface area contributed by atoms with E-state index in [0.29, 0.717) is 10.5 Å². The summed E-state index contributed by atoms with van der Waals surface area (Å²) in [5.74, 6) is -0.342. The summed E-state index contributed by atoms with van der Waals surface area (Å²) in [6.07, 6.45) is 16.9. The van der Waals surface area contributed by atoms with E-state index in [-0.39, 0.29) is 17.2 Å². The number of benzene rings is 3. The van der Waals surface area contributed by atoms with Crippen LogP contribution in [0.2, 0.25) is 0 Å². The molecule has 0 aliphatic carbocycles. The lowest BCUT2D eigenvalue weighted by molar-refractivity contribution is 0.102. The highest BCUT2D eigenvalue weighted by atomic mass is 32.1. The molecule has 4 aromatic rings. The molecule has 3 aromatic carbocycles. The number of fused-ring (bicyclic) bond motifs is 1. The number of rotatable bonds is 16. The van der Waals surface area contributed by atoms with E-state index in [1.807, 2.05) is 48.5 Å². The van der Waals surface area contributed by atoms with Gasteiger partial charge in [-0.05, 0) is 24.3 Å². The van der Waals surface area contributed by atoms with E-state index in [9.17, 15) is 9.90 Å². The first-order chi connectivity index (χ1) is 19.2. The van der Waals surface area contributed by atoms with Crippen molar-refractivity contribution in [3.8, 4) is 17.0 Å². The van der Waals surface area contributed by atoms with E-state index in [1.165, 1.54) is 75.5 Å². The predicted octanol–water partition coefficient (Wildman–Crippen LogP) is 10.2. The van der Waals surface area contributed by atoms with Crippen molar-refractivity contribution in [3.63, 3.8) is 0 Å². The molecule has 4 rings (SSSR count). The van der Waals surface area contributed by atoms with Crippen molar-refractivity contribution in [2.45, 2.75) is 90.4 Å². The summed E-state index contributed by atoms with van der Waals surface area (Å²) in [5, 5.41) is 15.8. The Bertz CT molecular complexity index is 1320. The fraction of sp³-hybridized carbons (Fsp3) is 0.412. The molecule has 0 unspecified atom stereocenters. The Labute approximate surface area is 237 Å². The Morgan fingerprint density at radius 2 is 1.38 bits per heavy atom. The first-order valence-corrected chi connectivity index (χ1v) is 15.6. The number of anilines is 1. The highest BCUT2D eigenvalue weighted by molar-refractivity contribution is 7.16. The molecule has 0 bridgehead atoms. The van der Waals surface area contributed by atoms with Crippen LogP contribution in [0.25, 0.3) is 22.0 Å². The van der Waals surface area contributed by atoms with Crippen LogP contribution in [0.3, 0.4) is 0 Å². The van der Waals surface area contributed by atoms with Gasteiger partial charge in [-0.15, -0.1) is 11.3 Å². The number of nitrogens with zero attached hydrogens (tertiary/aromatic N) is 1. The zero-order valence-corrected chi connectivity index (χ0v) is 24.1. The Morgan fingerprint density at radius 3 is 2.08 bits per heavy atom. The molecule has 1 aromatic heterocycles. The number of phenolic OH excluding ortho intramolecular Hbond substituents is 1. The van der Waals surface area contributed by atoms with Crippen LogP contribution in [0.15, 0.2) is 66.7 Å². The van der Waals surface area contributed by atoms with Gasteiger partial charge in [0.05, 0.1) is 11.3 Å². The zero-order valence-electron chi connectivity index (χ0n) is 23.3. The Balaban J connectivity index is 1.31. The summed E-state index contributed by atoms with van der Waals surface area (Å²) >= 11 is 1.55. The van der Waals surface area contributed by atoms with Crippen LogP contribution in [-0.2, 0) is 6.42 Å². The molecule has 0 atom stereocenters. The van der Waals surface area contributed by atoms with Crippen molar-refractivity contribution in [1.82, 2.24) is 4.98 Å². The lowest BCUT2D eigenvalue weighted by atomic mass is 10.0. The van der Waals surface area contributed by atoms with Crippen molar-refractivity contribution in [2.75, 3.05) is 5.32 Å². The summed E-state index contributed by atoms with van der Waals surface area (Å²) in [4.78, 5) is 19.1. The molecule has 4 nitrogen and oxygen atoms in total. The maximum atomic E-state index is 13.1. The molecule has 0 radical (unpaired) electrons. The number of carbonyl (C=O) groups is 1. The molecule has 39 heavy (non-hydrogen) atoms. The third-order valence-corrected chi connectivity index (χ3v) is 8.40. The Hall–Kier alpha value is -3.18. The molecule has 0 spiro atoms. The quantitative estimate of drug-likeness (QED) is 0.138. The number of hydrogen-bond acceptors (Lipinski definition) is 4. The van der Waals surface area contributed by atoms with Gasteiger partial charge in [0.1, 0.15) is 5.75 Å². The van der Waals surface area contributed by atoms with Crippen molar-refractivity contribution < 1.29 is 9.90 Å². The fourth-order valence-corrected chi connectivity index (χ4v) is 6.15. The van der Waals surface area contributed by atoms with Crippen LogP contribution in [0, 0.1) is 0 Å². The average Bonchev–Trinajstić information content (AvgIpc) is 3.36. The molecule has 0 aliphatic heterocycles. The number of hydrogen-bond donors (Lipinski definition) is 2. The summed E-state index contributed by atoms with van der Waals surface area (Å²) in [5.41, 5.74) is 2.27. The SMILES string of the molecule is CCCCCCCCCCCCCCc1sc(NC(=O)c2ccc3ccccc3c2O)nc1-c1ccccc1. The molecule has 0 fully saturated rings. The van der Waals surface area contributed by atoms with Crippen molar-refractivity contribution in [2.24, 2.45) is 0 Å². The number of aryl methyl sites for hydroxylation is 1. The molecule has 0 aliphatic rings. The molecular weight excluding hydrogens is 500 g/mol. The number of aromatic nitrogens is 1. The van der Waals surface area contributed by atoms with Crippen molar-refractivity contribution >= 4 is 33.1 Å². The zero-order chi connectivity index (χ0) is 27.3. The molecule has 1 amide bonds. The number of amides is 1. The van der Waals surface area contributed by atoms with Crippen LogP contribution in [0.1, 0.15) is 99.2 Å². The van der Waals surface area contributed by atoms with E-state index >= 15 is 0 Å². The first kappa shape index (κ1) is 28.8. The monoisotopic (exact) mass is 542 g/mol. The number of carbonyl (C=O) groups excluding carboxylic acids is 1. The topological polar surface area (TPSA) is 62.2 Å². The highest BCUT2D eigenvalue weighted by Gasteiger charge is 2.18. The third kappa shape index (κ3) is 8.40. The van der Waals surface area contributed by atoms with Crippen molar-refractivity contribution in [1.29, 1.82) is 0 Å². The number of phenols is 1. The molecule has 5 heteroatoms. The van der Waals surface area contributed by atoms with E-state index in [0.717, 1.165) is 29.5 Å². The summed E-state index contributed by atoms with van der Waals surface area (Å²) in [6.45, 7) is 2.27.